The fourth-order valence-corrected chi connectivity index (χ4v) is 2.25. The second kappa shape index (κ2) is 5.38. The van der Waals surface area contributed by atoms with Crippen LogP contribution in [0, 0.1) is 23.7 Å². The second-order valence-corrected chi connectivity index (χ2v) is 5.15. The molecule has 14 heavy (non-hydrogen) atoms. The lowest BCUT2D eigenvalue weighted by Crippen LogP contribution is -1.86. The van der Waals surface area contributed by atoms with Gasteiger partial charge in [0.1, 0.15) is 0 Å². The monoisotopic (exact) mass is 192 g/mol. The Morgan fingerprint density at radius 3 is 0.857 bits per heavy atom. The SMILES string of the molecule is CC1C=CC(C)C1.C[C@@H]1C=C[C@H](C)C1. The van der Waals surface area contributed by atoms with Gasteiger partial charge in [-0.3, -0.25) is 0 Å². The van der Waals surface area contributed by atoms with Gasteiger partial charge < -0.3 is 0 Å². The largest absolute Gasteiger partial charge is 0.0854 e. The molecule has 80 valence electrons. The Morgan fingerprint density at radius 1 is 0.571 bits per heavy atom. The van der Waals surface area contributed by atoms with Gasteiger partial charge >= 0.3 is 0 Å². The van der Waals surface area contributed by atoms with Crippen LogP contribution in [0.1, 0.15) is 40.5 Å². The molecule has 0 fully saturated rings. The first kappa shape index (κ1) is 11.6. The van der Waals surface area contributed by atoms with Crippen molar-refractivity contribution in [1.29, 1.82) is 0 Å². The molecule has 0 radical (unpaired) electrons. The zero-order chi connectivity index (χ0) is 10.6. The molecule has 2 rings (SSSR count). The first-order valence-corrected chi connectivity index (χ1v) is 5.94. The highest BCUT2D eigenvalue weighted by molar-refractivity contribution is 4.98. The summed E-state index contributed by atoms with van der Waals surface area (Å²) < 4.78 is 0. The highest BCUT2D eigenvalue weighted by atomic mass is 14.1. The van der Waals surface area contributed by atoms with Crippen LogP contribution in [0.2, 0.25) is 0 Å². The summed E-state index contributed by atoms with van der Waals surface area (Å²) in [6.45, 7) is 9.06. The van der Waals surface area contributed by atoms with Crippen molar-refractivity contribution >= 4 is 0 Å². The van der Waals surface area contributed by atoms with Crippen LogP contribution < -0.4 is 0 Å². The maximum atomic E-state index is 2.30. The summed E-state index contributed by atoms with van der Waals surface area (Å²) in [5, 5.41) is 0. The molecule has 2 aliphatic rings. The Labute approximate surface area is 89.1 Å². The predicted octanol–water partition coefficient (Wildman–Crippen LogP) is 4.44. The van der Waals surface area contributed by atoms with Gasteiger partial charge in [-0.15, -0.1) is 0 Å². The third-order valence-electron chi connectivity index (χ3n) is 3.02. The summed E-state index contributed by atoms with van der Waals surface area (Å²) in [7, 11) is 0. The van der Waals surface area contributed by atoms with E-state index in [2.05, 4.69) is 52.0 Å². The first-order chi connectivity index (χ1) is 6.58. The van der Waals surface area contributed by atoms with Gasteiger partial charge in [-0.1, -0.05) is 52.0 Å². The molecule has 0 spiro atoms. The van der Waals surface area contributed by atoms with Gasteiger partial charge in [-0.05, 0) is 36.5 Å². The Balaban J connectivity index is 0.000000140. The first-order valence-electron chi connectivity index (χ1n) is 5.94. The maximum absolute atomic E-state index is 2.30. The normalized spacial score (nSPS) is 39.7. The Bertz CT molecular complexity index is 168. The molecule has 0 heterocycles. The van der Waals surface area contributed by atoms with Crippen molar-refractivity contribution in [3.05, 3.63) is 24.3 Å². The van der Waals surface area contributed by atoms with E-state index in [0.29, 0.717) is 0 Å². The summed E-state index contributed by atoms with van der Waals surface area (Å²) in [5.74, 6) is 3.37. The molecule has 0 amide bonds. The van der Waals surface area contributed by atoms with E-state index in [0.717, 1.165) is 23.7 Å². The van der Waals surface area contributed by atoms with Gasteiger partial charge in [0.05, 0.1) is 0 Å². The molecule has 0 aromatic carbocycles. The lowest BCUT2D eigenvalue weighted by molar-refractivity contribution is 0.591. The Morgan fingerprint density at radius 2 is 0.786 bits per heavy atom. The van der Waals surface area contributed by atoms with E-state index in [4.69, 9.17) is 0 Å². The van der Waals surface area contributed by atoms with Gasteiger partial charge in [-0.25, -0.2) is 0 Å². The molecule has 2 unspecified atom stereocenters. The summed E-state index contributed by atoms with van der Waals surface area (Å²) >= 11 is 0. The third-order valence-corrected chi connectivity index (χ3v) is 3.02. The standard InChI is InChI=1S/2C7H12/c2*1-6-3-4-7(2)5-6/h2*3-4,6-7H,5H2,1-2H3/t6-,7+;. The summed E-state index contributed by atoms with van der Waals surface area (Å²) in [6, 6.07) is 0. The minimum atomic E-state index is 0.843. The van der Waals surface area contributed by atoms with Crippen LogP contribution in [0.25, 0.3) is 0 Å². The van der Waals surface area contributed by atoms with Crippen LogP contribution in [-0.4, -0.2) is 0 Å². The molecule has 0 N–H and O–H groups in total. The molecule has 0 saturated heterocycles. The smallest absolute Gasteiger partial charge is 0.0256 e. The average Bonchev–Trinajstić information content (AvgIpc) is 2.63. The Hall–Kier alpha value is -0.520. The molecule has 4 atom stereocenters. The minimum absolute atomic E-state index is 0.843. The van der Waals surface area contributed by atoms with E-state index < -0.39 is 0 Å². The van der Waals surface area contributed by atoms with Gasteiger partial charge in [0.2, 0.25) is 0 Å². The van der Waals surface area contributed by atoms with Crippen molar-refractivity contribution in [1.82, 2.24) is 0 Å². The van der Waals surface area contributed by atoms with E-state index in [-0.39, 0.29) is 0 Å². The molecule has 0 aromatic rings. The number of allylic oxidation sites excluding steroid dienone is 4. The third kappa shape index (κ3) is 4.13. The van der Waals surface area contributed by atoms with Crippen molar-refractivity contribution in [2.45, 2.75) is 40.5 Å². The average molecular weight is 192 g/mol. The minimum Gasteiger partial charge on any atom is -0.0854 e. The van der Waals surface area contributed by atoms with Gasteiger partial charge in [-0.2, -0.15) is 0 Å². The summed E-state index contributed by atoms with van der Waals surface area (Å²) in [5.41, 5.74) is 0. The predicted molar refractivity (Wildman–Crippen MR) is 64.2 cm³/mol. The van der Waals surface area contributed by atoms with Crippen LogP contribution in [0.4, 0.5) is 0 Å². The molecule has 0 nitrogen and oxygen atoms in total. The maximum Gasteiger partial charge on any atom is -0.0256 e. The topological polar surface area (TPSA) is 0 Å². The van der Waals surface area contributed by atoms with Crippen LogP contribution in [-0.2, 0) is 0 Å². The van der Waals surface area contributed by atoms with Crippen LogP contribution in [0.3, 0.4) is 0 Å². The number of hydrogen-bond donors (Lipinski definition) is 0. The van der Waals surface area contributed by atoms with E-state index in [1.54, 1.807) is 0 Å². The molecular weight excluding hydrogens is 168 g/mol. The highest BCUT2D eigenvalue weighted by Crippen LogP contribution is 2.21. The molecule has 0 bridgehead atoms. The van der Waals surface area contributed by atoms with E-state index in [1.165, 1.54) is 12.8 Å². The van der Waals surface area contributed by atoms with Crippen molar-refractivity contribution in [2.24, 2.45) is 23.7 Å². The van der Waals surface area contributed by atoms with Crippen molar-refractivity contribution in [3.8, 4) is 0 Å². The lowest BCUT2D eigenvalue weighted by Gasteiger charge is -1.97. The van der Waals surface area contributed by atoms with E-state index in [9.17, 15) is 0 Å². The molecule has 0 aliphatic heterocycles. The quantitative estimate of drug-likeness (QED) is 0.498. The summed E-state index contributed by atoms with van der Waals surface area (Å²) in [4.78, 5) is 0. The van der Waals surface area contributed by atoms with Crippen LogP contribution in [0.15, 0.2) is 24.3 Å². The van der Waals surface area contributed by atoms with Crippen molar-refractivity contribution in [2.75, 3.05) is 0 Å². The molecule has 2 aliphatic carbocycles. The van der Waals surface area contributed by atoms with Gasteiger partial charge in [0.25, 0.3) is 0 Å². The zero-order valence-electron chi connectivity index (χ0n) is 10.0. The van der Waals surface area contributed by atoms with Crippen LogP contribution in [0.5, 0.6) is 0 Å². The highest BCUT2D eigenvalue weighted by Gasteiger charge is 2.09. The zero-order valence-corrected chi connectivity index (χ0v) is 10.0. The number of hydrogen-bond acceptors (Lipinski definition) is 0. The number of rotatable bonds is 0. The molecule has 0 aromatic heterocycles. The van der Waals surface area contributed by atoms with Crippen LogP contribution >= 0.6 is 0 Å². The fraction of sp³-hybridized carbons (Fsp3) is 0.714. The Kier molecular flexibility index (Phi) is 4.44. The van der Waals surface area contributed by atoms with Gasteiger partial charge in [0, 0.05) is 0 Å². The molecular formula is C14H24. The fourth-order valence-electron chi connectivity index (χ4n) is 2.25. The second-order valence-electron chi connectivity index (χ2n) is 5.15. The van der Waals surface area contributed by atoms with E-state index in [1.807, 2.05) is 0 Å². The van der Waals surface area contributed by atoms with Crippen molar-refractivity contribution < 1.29 is 0 Å². The lowest BCUT2D eigenvalue weighted by atomic mass is 10.1. The van der Waals surface area contributed by atoms with Gasteiger partial charge in [0.15, 0.2) is 0 Å². The van der Waals surface area contributed by atoms with Crippen molar-refractivity contribution in [3.63, 3.8) is 0 Å². The summed E-state index contributed by atoms with van der Waals surface area (Å²) in [6.07, 6.45) is 11.9. The molecule has 0 saturated carbocycles. The molecule has 0 heteroatoms. The van der Waals surface area contributed by atoms with E-state index >= 15 is 0 Å².